The van der Waals surface area contributed by atoms with Gasteiger partial charge < -0.3 is 11.1 Å². The summed E-state index contributed by atoms with van der Waals surface area (Å²) in [5.74, 6) is 0.299. The molecular formula is C25H22N6O. The molecule has 0 aliphatic rings. The van der Waals surface area contributed by atoms with E-state index in [9.17, 15) is 4.79 Å². The molecule has 0 saturated carbocycles. The highest BCUT2D eigenvalue weighted by Crippen LogP contribution is 2.18. The predicted molar refractivity (Wildman–Crippen MR) is 123 cm³/mol. The van der Waals surface area contributed by atoms with Crippen molar-refractivity contribution in [2.24, 2.45) is 0 Å². The van der Waals surface area contributed by atoms with Crippen molar-refractivity contribution in [3.05, 3.63) is 94.1 Å². The molecule has 1 aromatic carbocycles. The average molecular weight is 422 g/mol. The zero-order valence-corrected chi connectivity index (χ0v) is 17.9. The average Bonchev–Trinajstić information content (AvgIpc) is 2.78. The van der Waals surface area contributed by atoms with Crippen molar-refractivity contribution in [3.8, 4) is 6.07 Å². The molecule has 0 atom stereocenters. The van der Waals surface area contributed by atoms with E-state index in [1.54, 1.807) is 30.6 Å². The van der Waals surface area contributed by atoms with Crippen LogP contribution in [0.4, 0.5) is 5.82 Å². The number of nitrogens with one attached hydrogen (secondary N) is 1. The molecule has 4 rings (SSSR count). The summed E-state index contributed by atoms with van der Waals surface area (Å²) in [6.45, 7) is 4.21. The standard InChI is InChI=1S/C25H22N6O/c1-15-7-24(27)31-16(2)22(15)14-30-25(32)19-5-6-28-21(11-19)10-17-3-4-23-20(8-17)9-18(12-26)13-29-23/h3-9,11,13H,10,14H2,1-2H3,(H2,27,31)(H,30,32). The van der Waals surface area contributed by atoms with E-state index in [0.29, 0.717) is 29.9 Å². The Morgan fingerprint density at radius 3 is 2.75 bits per heavy atom. The second-order valence-electron chi connectivity index (χ2n) is 7.69. The van der Waals surface area contributed by atoms with Crippen LogP contribution in [0.2, 0.25) is 0 Å². The van der Waals surface area contributed by atoms with Crippen molar-refractivity contribution in [1.82, 2.24) is 20.3 Å². The molecule has 32 heavy (non-hydrogen) atoms. The number of fused-ring (bicyclic) bond motifs is 1. The normalized spacial score (nSPS) is 10.7. The van der Waals surface area contributed by atoms with Gasteiger partial charge in [-0.25, -0.2) is 4.98 Å². The zero-order valence-electron chi connectivity index (χ0n) is 17.9. The highest BCUT2D eigenvalue weighted by molar-refractivity contribution is 5.94. The Morgan fingerprint density at radius 1 is 1.12 bits per heavy atom. The molecule has 0 unspecified atom stereocenters. The first-order valence-electron chi connectivity index (χ1n) is 10.2. The number of amides is 1. The second kappa shape index (κ2) is 8.82. The fourth-order valence-electron chi connectivity index (χ4n) is 3.70. The summed E-state index contributed by atoms with van der Waals surface area (Å²) in [5.41, 5.74) is 12.2. The zero-order chi connectivity index (χ0) is 22.7. The molecule has 1 amide bonds. The molecule has 158 valence electrons. The fraction of sp³-hybridized carbons (Fsp3) is 0.160. The van der Waals surface area contributed by atoms with Gasteiger partial charge in [0.1, 0.15) is 11.9 Å². The third-order valence-electron chi connectivity index (χ3n) is 5.34. The maximum absolute atomic E-state index is 12.7. The summed E-state index contributed by atoms with van der Waals surface area (Å²) in [4.78, 5) is 25.7. The number of benzene rings is 1. The van der Waals surface area contributed by atoms with Gasteiger partial charge in [-0.15, -0.1) is 0 Å². The number of pyridine rings is 3. The quantitative estimate of drug-likeness (QED) is 0.507. The van der Waals surface area contributed by atoms with Crippen LogP contribution < -0.4 is 11.1 Å². The van der Waals surface area contributed by atoms with Gasteiger partial charge in [0.25, 0.3) is 5.91 Å². The van der Waals surface area contributed by atoms with Crippen molar-refractivity contribution in [3.63, 3.8) is 0 Å². The maximum Gasteiger partial charge on any atom is 0.251 e. The molecular weight excluding hydrogens is 400 g/mol. The van der Waals surface area contributed by atoms with Crippen LogP contribution in [-0.2, 0) is 13.0 Å². The Kier molecular flexibility index (Phi) is 5.77. The highest BCUT2D eigenvalue weighted by Gasteiger charge is 2.11. The van der Waals surface area contributed by atoms with Crippen LogP contribution in [0.1, 0.15) is 44.0 Å². The smallest absolute Gasteiger partial charge is 0.251 e. The molecule has 3 heterocycles. The lowest BCUT2D eigenvalue weighted by Crippen LogP contribution is -2.24. The number of aryl methyl sites for hydroxylation is 2. The fourth-order valence-corrected chi connectivity index (χ4v) is 3.70. The Hall–Kier alpha value is -4.31. The number of nitrogen functional groups attached to an aromatic ring is 1. The van der Waals surface area contributed by atoms with Crippen molar-refractivity contribution >= 4 is 22.6 Å². The van der Waals surface area contributed by atoms with E-state index in [1.807, 2.05) is 38.1 Å². The second-order valence-corrected chi connectivity index (χ2v) is 7.69. The van der Waals surface area contributed by atoms with Crippen molar-refractivity contribution in [1.29, 1.82) is 5.26 Å². The number of anilines is 1. The number of nitriles is 1. The molecule has 0 spiro atoms. The highest BCUT2D eigenvalue weighted by atomic mass is 16.1. The first kappa shape index (κ1) is 20.9. The van der Waals surface area contributed by atoms with E-state index in [2.05, 4.69) is 26.3 Å². The predicted octanol–water partition coefficient (Wildman–Crippen LogP) is 3.62. The van der Waals surface area contributed by atoms with Crippen LogP contribution >= 0.6 is 0 Å². The Bertz CT molecular complexity index is 1350. The molecule has 0 saturated heterocycles. The topological polar surface area (TPSA) is 118 Å². The number of carbonyl (C=O) groups is 1. The van der Waals surface area contributed by atoms with Crippen LogP contribution in [0, 0.1) is 25.2 Å². The number of nitrogens with two attached hydrogens (primary N) is 1. The van der Waals surface area contributed by atoms with E-state index in [4.69, 9.17) is 11.0 Å². The third kappa shape index (κ3) is 4.55. The molecule has 3 aromatic heterocycles. The van der Waals surface area contributed by atoms with E-state index >= 15 is 0 Å². The minimum absolute atomic E-state index is 0.175. The van der Waals surface area contributed by atoms with Crippen LogP contribution in [-0.4, -0.2) is 20.9 Å². The summed E-state index contributed by atoms with van der Waals surface area (Å²) in [7, 11) is 0. The Balaban J connectivity index is 1.49. The van der Waals surface area contributed by atoms with Crippen LogP contribution in [0.15, 0.2) is 54.9 Å². The number of hydrogen-bond acceptors (Lipinski definition) is 6. The van der Waals surface area contributed by atoms with Crippen molar-refractivity contribution in [2.45, 2.75) is 26.8 Å². The Morgan fingerprint density at radius 2 is 1.97 bits per heavy atom. The van der Waals surface area contributed by atoms with Gasteiger partial charge in [-0.3, -0.25) is 14.8 Å². The Labute approximate surface area is 186 Å². The lowest BCUT2D eigenvalue weighted by Gasteiger charge is -2.12. The summed E-state index contributed by atoms with van der Waals surface area (Å²) in [6, 6.07) is 15.1. The van der Waals surface area contributed by atoms with Crippen LogP contribution in [0.25, 0.3) is 10.9 Å². The maximum atomic E-state index is 12.7. The van der Waals surface area contributed by atoms with Gasteiger partial charge in [-0.05, 0) is 66.9 Å². The van der Waals surface area contributed by atoms with Crippen molar-refractivity contribution < 1.29 is 4.79 Å². The molecule has 0 aliphatic heterocycles. The van der Waals surface area contributed by atoms with E-state index in [0.717, 1.165) is 39.0 Å². The molecule has 0 aliphatic carbocycles. The van der Waals surface area contributed by atoms with Crippen LogP contribution in [0.5, 0.6) is 0 Å². The third-order valence-corrected chi connectivity index (χ3v) is 5.34. The molecule has 4 aromatic rings. The molecule has 7 nitrogen and oxygen atoms in total. The largest absolute Gasteiger partial charge is 0.384 e. The minimum atomic E-state index is -0.175. The van der Waals surface area contributed by atoms with Gasteiger partial charge >= 0.3 is 0 Å². The van der Waals surface area contributed by atoms with Crippen molar-refractivity contribution in [2.75, 3.05) is 5.73 Å². The summed E-state index contributed by atoms with van der Waals surface area (Å²) in [5, 5.41) is 13.0. The molecule has 0 radical (unpaired) electrons. The van der Waals surface area contributed by atoms with Gasteiger partial charge in [0.15, 0.2) is 0 Å². The summed E-state index contributed by atoms with van der Waals surface area (Å²) >= 11 is 0. The summed E-state index contributed by atoms with van der Waals surface area (Å²) < 4.78 is 0. The van der Waals surface area contributed by atoms with Gasteiger partial charge in [-0.2, -0.15) is 5.26 Å². The molecule has 3 N–H and O–H groups in total. The lowest BCUT2D eigenvalue weighted by molar-refractivity contribution is 0.0950. The van der Waals surface area contributed by atoms with Crippen LogP contribution in [0.3, 0.4) is 0 Å². The van der Waals surface area contributed by atoms with E-state index < -0.39 is 0 Å². The molecule has 0 fully saturated rings. The number of hydrogen-bond donors (Lipinski definition) is 2. The van der Waals surface area contributed by atoms with Gasteiger partial charge in [0.2, 0.25) is 0 Å². The number of nitrogens with zero attached hydrogens (tertiary/aromatic N) is 4. The number of aromatic nitrogens is 3. The number of rotatable bonds is 5. The first-order valence-corrected chi connectivity index (χ1v) is 10.2. The summed E-state index contributed by atoms with van der Waals surface area (Å²) in [6.07, 6.45) is 3.77. The SMILES string of the molecule is Cc1cc(N)nc(C)c1CNC(=O)c1ccnc(Cc2ccc3ncc(C#N)cc3c2)c1. The van der Waals surface area contributed by atoms with Gasteiger partial charge in [0, 0.05) is 47.7 Å². The first-order chi connectivity index (χ1) is 15.4. The van der Waals surface area contributed by atoms with Gasteiger partial charge in [0.05, 0.1) is 11.1 Å². The minimum Gasteiger partial charge on any atom is -0.384 e. The van der Waals surface area contributed by atoms with E-state index in [1.165, 1.54) is 0 Å². The molecule has 7 heteroatoms. The molecule has 0 bridgehead atoms. The lowest BCUT2D eigenvalue weighted by atomic mass is 10.0. The van der Waals surface area contributed by atoms with E-state index in [-0.39, 0.29) is 5.91 Å². The van der Waals surface area contributed by atoms with Gasteiger partial charge in [-0.1, -0.05) is 6.07 Å². The number of carbonyl (C=O) groups excluding carboxylic acids is 1. The monoisotopic (exact) mass is 422 g/mol.